The molecule has 0 aromatic heterocycles. The minimum absolute atomic E-state index is 0.149. The number of carbonyl (C=O) groups is 1. The standard InChI is InChI=1S/C17H22F3NO2/c1-23-14-8-6-13(7-9-14)15-5-3-2-4-12-21(15)16(22)10-11-17(18,19)20/h6-9,15H,2-5,10-12H2,1H3. The molecule has 1 amide bonds. The van der Waals surface area contributed by atoms with E-state index in [1.54, 1.807) is 12.0 Å². The van der Waals surface area contributed by atoms with Crippen molar-refractivity contribution in [3.8, 4) is 5.75 Å². The Labute approximate surface area is 134 Å². The summed E-state index contributed by atoms with van der Waals surface area (Å²) >= 11 is 0. The Morgan fingerprint density at radius 1 is 1.22 bits per heavy atom. The van der Waals surface area contributed by atoms with Crippen LogP contribution < -0.4 is 4.74 Å². The number of hydrogen-bond donors (Lipinski definition) is 0. The molecular weight excluding hydrogens is 307 g/mol. The van der Waals surface area contributed by atoms with Gasteiger partial charge in [0.1, 0.15) is 5.75 Å². The highest BCUT2D eigenvalue weighted by atomic mass is 19.4. The second kappa shape index (κ2) is 7.70. The summed E-state index contributed by atoms with van der Waals surface area (Å²) in [6.45, 7) is 0.521. The van der Waals surface area contributed by atoms with Gasteiger partial charge in [0.15, 0.2) is 0 Å². The van der Waals surface area contributed by atoms with Crippen molar-refractivity contribution in [3.05, 3.63) is 29.8 Å². The topological polar surface area (TPSA) is 29.5 Å². The maximum absolute atomic E-state index is 12.4. The van der Waals surface area contributed by atoms with Gasteiger partial charge in [0.2, 0.25) is 5.91 Å². The van der Waals surface area contributed by atoms with Gasteiger partial charge in [0.25, 0.3) is 0 Å². The second-order valence-corrected chi connectivity index (χ2v) is 5.84. The Balaban J connectivity index is 2.13. The van der Waals surface area contributed by atoms with E-state index in [0.29, 0.717) is 6.54 Å². The van der Waals surface area contributed by atoms with Gasteiger partial charge in [0, 0.05) is 13.0 Å². The minimum Gasteiger partial charge on any atom is -0.497 e. The monoisotopic (exact) mass is 329 g/mol. The third-order valence-corrected chi connectivity index (χ3v) is 4.20. The van der Waals surface area contributed by atoms with Crippen LogP contribution in [0.1, 0.15) is 50.1 Å². The molecule has 23 heavy (non-hydrogen) atoms. The summed E-state index contributed by atoms with van der Waals surface area (Å²) in [5.74, 6) is 0.308. The smallest absolute Gasteiger partial charge is 0.389 e. The molecule has 128 valence electrons. The minimum atomic E-state index is -4.29. The summed E-state index contributed by atoms with van der Waals surface area (Å²) in [6, 6.07) is 7.26. The van der Waals surface area contributed by atoms with E-state index < -0.39 is 24.9 Å². The zero-order valence-corrected chi connectivity index (χ0v) is 13.2. The van der Waals surface area contributed by atoms with Gasteiger partial charge in [-0.15, -0.1) is 0 Å². The average Bonchev–Trinajstić information content (AvgIpc) is 2.78. The first-order valence-electron chi connectivity index (χ1n) is 7.91. The predicted molar refractivity (Wildman–Crippen MR) is 81.2 cm³/mol. The largest absolute Gasteiger partial charge is 0.497 e. The molecule has 0 bridgehead atoms. The molecule has 1 unspecified atom stereocenters. The van der Waals surface area contributed by atoms with E-state index >= 15 is 0 Å². The van der Waals surface area contributed by atoms with Gasteiger partial charge in [-0.2, -0.15) is 13.2 Å². The van der Waals surface area contributed by atoms with Gasteiger partial charge in [0.05, 0.1) is 19.6 Å². The highest BCUT2D eigenvalue weighted by molar-refractivity contribution is 5.76. The van der Waals surface area contributed by atoms with Gasteiger partial charge in [-0.25, -0.2) is 0 Å². The number of hydrogen-bond acceptors (Lipinski definition) is 2. The van der Waals surface area contributed by atoms with Crippen LogP contribution in [0.15, 0.2) is 24.3 Å². The summed E-state index contributed by atoms with van der Waals surface area (Å²) in [5.41, 5.74) is 0.952. The lowest BCUT2D eigenvalue weighted by Gasteiger charge is -2.31. The van der Waals surface area contributed by atoms with Gasteiger partial charge in [-0.05, 0) is 30.5 Å². The number of benzene rings is 1. The molecule has 2 rings (SSSR count). The molecule has 1 aromatic carbocycles. The van der Waals surface area contributed by atoms with E-state index in [4.69, 9.17) is 4.74 Å². The van der Waals surface area contributed by atoms with Gasteiger partial charge < -0.3 is 9.64 Å². The molecule has 1 heterocycles. The van der Waals surface area contributed by atoms with Crippen molar-refractivity contribution in [1.82, 2.24) is 4.90 Å². The average molecular weight is 329 g/mol. The first-order chi connectivity index (χ1) is 10.9. The summed E-state index contributed by atoms with van der Waals surface area (Å²) in [4.78, 5) is 13.9. The predicted octanol–water partition coefficient (Wildman–Crippen LogP) is 4.48. The van der Waals surface area contributed by atoms with E-state index in [0.717, 1.165) is 37.0 Å². The van der Waals surface area contributed by atoms with Crippen molar-refractivity contribution in [2.24, 2.45) is 0 Å². The normalized spacial score (nSPS) is 19.3. The number of carbonyl (C=O) groups excluding carboxylic acids is 1. The highest BCUT2D eigenvalue weighted by Crippen LogP contribution is 2.32. The molecule has 0 saturated carbocycles. The van der Waals surface area contributed by atoms with Crippen LogP contribution in [0.5, 0.6) is 5.75 Å². The van der Waals surface area contributed by atoms with E-state index in [1.165, 1.54) is 0 Å². The van der Waals surface area contributed by atoms with Crippen LogP contribution in [0.25, 0.3) is 0 Å². The molecule has 0 radical (unpaired) electrons. The number of nitrogens with zero attached hydrogens (tertiary/aromatic N) is 1. The molecule has 0 spiro atoms. The van der Waals surface area contributed by atoms with Crippen molar-refractivity contribution < 1.29 is 22.7 Å². The quantitative estimate of drug-likeness (QED) is 0.815. The number of ether oxygens (including phenoxy) is 1. The van der Waals surface area contributed by atoms with Crippen LogP contribution in [0.3, 0.4) is 0 Å². The zero-order valence-electron chi connectivity index (χ0n) is 13.2. The third kappa shape index (κ3) is 5.15. The van der Waals surface area contributed by atoms with Crippen LogP contribution in [0, 0.1) is 0 Å². The molecule has 1 aliphatic heterocycles. The summed E-state index contributed by atoms with van der Waals surface area (Å²) in [5, 5.41) is 0. The van der Waals surface area contributed by atoms with Gasteiger partial charge in [-0.3, -0.25) is 4.79 Å². The Hall–Kier alpha value is -1.72. The molecule has 1 atom stereocenters. The Morgan fingerprint density at radius 3 is 2.52 bits per heavy atom. The highest BCUT2D eigenvalue weighted by Gasteiger charge is 2.32. The first-order valence-corrected chi connectivity index (χ1v) is 7.91. The summed E-state index contributed by atoms with van der Waals surface area (Å²) < 4.78 is 42.3. The van der Waals surface area contributed by atoms with E-state index in [1.807, 2.05) is 24.3 Å². The SMILES string of the molecule is COc1ccc(C2CCCCCN2C(=O)CCC(F)(F)F)cc1. The van der Waals surface area contributed by atoms with Crippen molar-refractivity contribution in [1.29, 1.82) is 0 Å². The van der Waals surface area contributed by atoms with Gasteiger partial charge in [-0.1, -0.05) is 25.0 Å². The molecule has 1 saturated heterocycles. The fourth-order valence-corrected chi connectivity index (χ4v) is 2.97. The van der Waals surface area contributed by atoms with Crippen molar-refractivity contribution in [2.75, 3.05) is 13.7 Å². The van der Waals surface area contributed by atoms with Crippen LogP contribution in [0.4, 0.5) is 13.2 Å². The second-order valence-electron chi connectivity index (χ2n) is 5.84. The van der Waals surface area contributed by atoms with Crippen LogP contribution in [-0.4, -0.2) is 30.6 Å². The third-order valence-electron chi connectivity index (χ3n) is 4.20. The summed E-state index contributed by atoms with van der Waals surface area (Å²) in [6.07, 6.45) is -2.24. The lowest BCUT2D eigenvalue weighted by atomic mass is 10.00. The van der Waals surface area contributed by atoms with Crippen molar-refractivity contribution in [3.63, 3.8) is 0 Å². The Morgan fingerprint density at radius 2 is 1.91 bits per heavy atom. The van der Waals surface area contributed by atoms with Crippen molar-refractivity contribution >= 4 is 5.91 Å². The molecule has 0 N–H and O–H groups in total. The number of rotatable bonds is 4. The van der Waals surface area contributed by atoms with Crippen LogP contribution in [-0.2, 0) is 4.79 Å². The van der Waals surface area contributed by atoms with E-state index in [-0.39, 0.29) is 6.04 Å². The summed E-state index contributed by atoms with van der Waals surface area (Å²) in [7, 11) is 1.58. The Bertz CT molecular complexity index is 514. The number of likely N-dealkylation sites (tertiary alicyclic amines) is 1. The molecule has 6 heteroatoms. The maximum atomic E-state index is 12.4. The molecule has 1 aromatic rings. The number of halogens is 3. The molecule has 3 nitrogen and oxygen atoms in total. The maximum Gasteiger partial charge on any atom is 0.389 e. The van der Waals surface area contributed by atoms with Crippen LogP contribution in [0.2, 0.25) is 0 Å². The first kappa shape index (κ1) is 17.6. The lowest BCUT2D eigenvalue weighted by Crippen LogP contribution is -2.35. The molecule has 1 fully saturated rings. The number of amides is 1. The van der Waals surface area contributed by atoms with Crippen LogP contribution >= 0.6 is 0 Å². The fraction of sp³-hybridized carbons (Fsp3) is 0.588. The lowest BCUT2D eigenvalue weighted by molar-refractivity contribution is -0.150. The molecular formula is C17H22F3NO2. The number of alkyl halides is 3. The van der Waals surface area contributed by atoms with E-state index in [9.17, 15) is 18.0 Å². The molecule has 1 aliphatic rings. The fourth-order valence-electron chi connectivity index (χ4n) is 2.97. The molecule has 0 aliphatic carbocycles. The van der Waals surface area contributed by atoms with Crippen molar-refractivity contribution in [2.45, 2.75) is 50.7 Å². The van der Waals surface area contributed by atoms with E-state index in [2.05, 4.69) is 0 Å². The van der Waals surface area contributed by atoms with Gasteiger partial charge >= 0.3 is 6.18 Å². The Kier molecular flexibility index (Phi) is 5.91. The zero-order chi connectivity index (χ0) is 16.9. The number of methoxy groups -OCH3 is 1.